The average molecular weight is 543 g/mol. The highest BCUT2D eigenvalue weighted by Crippen LogP contribution is 2.34. The van der Waals surface area contributed by atoms with Crippen LogP contribution < -0.4 is 21.3 Å². The van der Waals surface area contributed by atoms with Gasteiger partial charge in [-0.2, -0.15) is 0 Å². The van der Waals surface area contributed by atoms with Crippen molar-refractivity contribution in [3.05, 3.63) is 71.2 Å². The molecule has 1 aliphatic rings. The van der Waals surface area contributed by atoms with Crippen LogP contribution in [0.5, 0.6) is 0 Å². The van der Waals surface area contributed by atoms with Crippen molar-refractivity contribution in [3.63, 3.8) is 0 Å². The Morgan fingerprint density at radius 2 is 1.87 bits per heavy atom. The van der Waals surface area contributed by atoms with Crippen molar-refractivity contribution >= 4 is 66.9 Å². The van der Waals surface area contributed by atoms with E-state index < -0.39 is 0 Å². The van der Waals surface area contributed by atoms with E-state index in [2.05, 4.69) is 42.4 Å². The Morgan fingerprint density at radius 1 is 1.05 bits per heavy atom. The second kappa shape index (κ2) is 10.1. The highest BCUT2D eigenvalue weighted by Gasteiger charge is 2.20. The molecular formula is C28H27FN8OS. The van der Waals surface area contributed by atoms with Gasteiger partial charge in [-0.05, 0) is 43.8 Å². The molecule has 6 rings (SSSR count). The monoisotopic (exact) mass is 542 g/mol. The predicted molar refractivity (Wildman–Crippen MR) is 156 cm³/mol. The molecule has 0 atom stereocenters. The maximum absolute atomic E-state index is 15.1. The molecule has 39 heavy (non-hydrogen) atoms. The molecule has 1 amide bonds. The van der Waals surface area contributed by atoms with Gasteiger partial charge in [0.2, 0.25) is 0 Å². The molecule has 0 unspecified atom stereocenters. The first-order valence-corrected chi connectivity index (χ1v) is 13.4. The number of carbonyl (C=O) groups is 1. The summed E-state index contributed by atoms with van der Waals surface area (Å²) in [6.45, 7) is 5.33. The summed E-state index contributed by atoms with van der Waals surface area (Å²) in [6.07, 6.45) is 3.02. The Labute approximate surface area is 228 Å². The minimum atomic E-state index is -0.289. The molecule has 198 valence electrons. The fraction of sp³-hybridized carbons (Fsp3) is 0.214. The Balaban J connectivity index is 1.29. The number of nitrogens with one attached hydrogen (secondary N) is 2. The van der Waals surface area contributed by atoms with Crippen LogP contribution in [0.2, 0.25) is 0 Å². The number of hydrogen-bond donors (Lipinski definition) is 3. The van der Waals surface area contributed by atoms with Crippen LogP contribution in [-0.4, -0.2) is 59.0 Å². The number of pyridine rings is 1. The maximum atomic E-state index is 15.1. The number of aryl methyl sites for hydroxylation is 1. The van der Waals surface area contributed by atoms with Gasteiger partial charge in [-0.1, -0.05) is 12.1 Å². The molecule has 9 nitrogen and oxygen atoms in total. The summed E-state index contributed by atoms with van der Waals surface area (Å²) in [6, 6.07) is 10.9. The lowest BCUT2D eigenvalue weighted by molar-refractivity contribution is 0.102. The molecule has 3 aromatic heterocycles. The summed E-state index contributed by atoms with van der Waals surface area (Å²) in [5.74, 6) is 0.347. The van der Waals surface area contributed by atoms with Crippen LogP contribution >= 0.6 is 11.3 Å². The van der Waals surface area contributed by atoms with E-state index in [9.17, 15) is 4.79 Å². The molecule has 0 radical (unpaired) electrons. The third-order valence-corrected chi connectivity index (χ3v) is 8.06. The third kappa shape index (κ3) is 4.70. The summed E-state index contributed by atoms with van der Waals surface area (Å²) < 4.78 is 15.8. The van der Waals surface area contributed by atoms with Crippen LogP contribution in [0.3, 0.4) is 0 Å². The van der Waals surface area contributed by atoms with Crippen LogP contribution in [0.1, 0.15) is 15.9 Å². The van der Waals surface area contributed by atoms with E-state index in [1.165, 1.54) is 23.7 Å². The standard InChI is InChI=1S/C28H27FN8OS/c1-16-3-5-19-18(23(16)35-28(38)20-14-39-25-24(20)32-15-33-26(25)30)7-8-31-27(19)34-17-4-6-22(21(29)13-17)37-11-9-36(2)10-12-37/h3-8,13-15H,9-12H2,1-2H3,(H,31,34)(H,35,38)(H2,30,32,33). The zero-order valence-corrected chi connectivity index (χ0v) is 22.3. The zero-order chi connectivity index (χ0) is 27.1. The predicted octanol–water partition coefficient (Wildman–Crippen LogP) is 5.02. The number of piperazine rings is 1. The molecule has 11 heteroatoms. The summed E-state index contributed by atoms with van der Waals surface area (Å²) in [5.41, 5.74) is 9.66. The normalized spacial score (nSPS) is 14.2. The number of benzene rings is 2. The lowest BCUT2D eigenvalue weighted by Gasteiger charge is -2.34. The van der Waals surface area contributed by atoms with Crippen molar-refractivity contribution in [2.45, 2.75) is 6.92 Å². The molecule has 2 aromatic carbocycles. The van der Waals surface area contributed by atoms with Gasteiger partial charge in [-0.3, -0.25) is 4.79 Å². The first-order valence-electron chi connectivity index (χ1n) is 12.6. The lowest BCUT2D eigenvalue weighted by atomic mass is 10.0. The van der Waals surface area contributed by atoms with Crippen molar-refractivity contribution in [2.24, 2.45) is 0 Å². The van der Waals surface area contributed by atoms with Crippen molar-refractivity contribution in [2.75, 3.05) is 54.5 Å². The zero-order valence-electron chi connectivity index (χ0n) is 21.5. The van der Waals surface area contributed by atoms with Crippen molar-refractivity contribution in [1.82, 2.24) is 19.9 Å². The van der Waals surface area contributed by atoms with E-state index in [1.54, 1.807) is 11.6 Å². The molecule has 1 fully saturated rings. The third-order valence-electron chi connectivity index (χ3n) is 7.07. The van der Waals surface area contributed by atoms with Gasteiger partial charge in [0, 0.05) is 54.2 Å². The second-order valence-corrected chi connectivity index (χ2v) is 10.5. The number of amides is 1. The number of carbonyl (C=O) groups excluding carboxylic acids is 1. The van der Waals surface area contributed by atoms with Crippen LogP contribution in [0.25, 0.3) is 21.0 Å². The van der Waals surface area contributed by atoms with Crippen molar-refractivity contribution < 1.29 is 9.18 Å². The number of halogens is 1. The first kappa shape index (κ1) is 25.0. The SMILES string of the molecule is Cc1ccc2c(Nc3ccc(N4CCN(C)CC4)c(F)c3)nccc2c1NC(=O)c1csc2c(N)ncnc12. The van der Waals surface area contributed by atoms with E-state index in [0.717, 1.165) is 42.5 Å². The van der Waals surface area contributed by atoms with Gasteiger partial charge in [0.05, 0.1) is 27.2 Å². The fourth-order valence-corrected chi connectivity index (χ4v) is 5.77. The summed E-state index contributed by atoms with van der Waals surface area (Å²) in [5, 5.41) is 9.66. The molecule has 4 heterocycles. The van der Waals surface area contributed by atoms with Gasteiger partial charge in [-0.25, -0.2) is 19.3 Å². The number of nitrogen functional groups attached to an aromatic ring is 1. The van der Waals surface area contributed by atoms with Gasteiger partial charge in [0.25, 0.3) is 5.91 Å². The highest BCUT2D eigenvalue weighted by molar-refractivity contribution is 7.18. The Kier molecular flexibility index (Phi) is 6.45. The molecule has 0 bridgehead atoms. The van der Waals surface area contributed by atoms with Crippen LogP contribution in [-0.2, 0) is 0 Å². The number of hydrogen-bond acceptors (Lipinski definition) is 9. The number of nitrogens with zero attached hydrogens (tertiary/aromatic N) is 5. The van der Waals surface area contributed by atoms with Gasteiger partial charge in [-0.15, -0.1) is 11.3 Å². The molecular weight excluding hydrogens is 515 g/mol. The van der Waals surface area contributed by atoms with Crippen molar-refractivity contribution in [1.29, 1.82) is 0 Å². The van der Waals surface area contributed by atoms with Crippen LogP contribution in [0.15, 0.2) is 54.3 Å². The number of likely N-dealkylation sites (N-methyl/N-ethyl adjacent to an activating group) is 1. The van der Waals surface area contributed by atoms with E-state index >= 15 is 4.39 Å². The minimum absolute atomic E-state index is 0.277. The maximum Gasteiger partial charge on any atom is 0.258 e. The molecule has 0 spiro atoms. The first-order chi connectivity index (χ1) is 18.9. The summed E-state index contributed by atoms with van der Waals surface area (Å²) in [4.78, 5) is 30.4. The second-order valence-electron chi connectivity index (χ2n) is 9.63. The molecule has 0 aliphatic carbocycles. The Bertz CT molecular complexity index is 1710. The molecule has 4 N–H and O–H groups in total. The van der Waals surface area contributed by atoms with Gasteiger partial charge < -0.3 is 26.2 Å². The number of nitrogens with two attached hydrogens (primary N) is 1. The largest absolute Gasteiger partial charge is 0.382 e. The minimum Gasteiger partial charge on any atom is -0.382 e. The number of aromatic nitrogens is 3. The van der Waals surface area contributed by atoms with Crippen LogP contribution in [0.4, 0.5) is 33.1 Å². The Morgan fingerprint density at radius 3 is 2.67 bits per heavy atom. The number of thiophene rings is 1. The van der Waals surface area contributed by atoms with E-state index in [-0.39, 0.29) is 11.7 Å². The molecule has 5 aromatic rings. The quantitative estimate of drug-likeness (QED) is 0.284. The average Bonchev–Trinajstić information content (AvgIpc) is 3.37. The summed E-state index contributed by atoms with van der Waals surface area (Å²) >= 11 is 1.34. The molecule has 1 saturated heterocycles. The fourth-order valence-electron chi connectivity index (χ4n) is 4.87. The van der Waals surface area contributed by atoms with Crippen LogP contribution in [0, 0.1) is 12.7 Å². The van der Waals surface area contributed by atoms with E-state index in [1.807, 2.05) is 37.3 Å². The Hall–Kier alpha value is -4.35. The molecule has 0 saturated carbocycles. The molecule has 1 aliphatic heterocycles. The topological polar surface area (TPSA) is 112 Å². The van der Waals surface area contributed by atoms with Gasteiger partial charge in [0.1, 0.15) is 23.8 Å². The highest BCUT2D eigenvalue weighted by atomic mass is 32.1. The summed E-state index contributed by atoms with van der Waals surface area (Å²) in [7, 11) is 2.07. The lowest BCUT2D eigenvalue weighted by Crippen LogP contribution is -2.44. The van der Waals surface area contributed by atoms with Gasteiger partial charge >= 0.3 is 0 Å². The number of rotatable bonds is 5. The van der Waals surface area contributed by atoms with E-state index in [4.69, 9.17) is 5.73 Å². The smallest absolute Gasteiger partial charge is 0.258 e. The van der Waals surface area contributed by atoms with Crippen molar-refractivity contribution in [3.8, 4) is 0 Å². The number of anilines is 5. The van der Waals surface area contributed by atoms with E-state index in [0.29, 0.717) is 44.5 Å². The van der Waals surface area contributed by atoms with Gasteiger partial charge in [0.15, 0.2) is 0 Å². The number of fused-ring (bicyclic) bond motifs is 2.